The first-order chi connectivity index (χ1) is 14.3. The Morgan fingerprint density at radius 1 is 0.724 bits per heavy atom. The molecule has 2 atom stereocenters. The van der Waals surface area contributed by atoms with Crippen molar-refractivity contribution < 1.29 is 14.3 Å². The third-order valence-corrected chi connectivity index (χ3v) is 5.81. The van der Waals surface area contributed by atoms with Gasteiger partial charge in [-0.25, -0.2) is 4.79 Å². The molecule has 1 aliphatic rings. The van der Waals surface area contributed by atoms with Crippen LogP contribution in [0, 0.1) is 0 Å². The van der Waals surface area contributed by atoms with Gasteiger partial charge in [-0.2, -0.15) is 0 Å². The van der Waals surface area contributed by atoms with Gasteiger partial charge in [0.2, 0.25) is 0 Å². The summed E-state index contributed by atoms with van der Waals surface area (Å²) in [4.78, 5) is 11.9. The van der Waals surface area contributed by atoms with Crippen molar-refractivity contribution in [1.29, 1.82) is 0 Å². The van der Waals surface area contributed by atoms with E-state index in [4.69, 9.17) is 9.47 Å². The summed E-state index contributed by atoms with van der Waals surface area (Å²) in [6, 6.07) is 0. The third kappa shape index (κ3) is 15.6. The molecule has 1 fully saturated rings. The Labute approximate surface area is 181 Å². The van der Waals surface area contributed by atoms with Crippen LogP contribution in [0.25, 0.3) is 0 Å². The molecule has 0 aliphatic carbocycles. The monoisotopic (exact) mass is 408 g/mol. The molecule has 1 rings (SSSR count). The Balaban J connectivity index is 1.82. The van der Waals surface area contributed by atoms with Gasteiger partial charge in [-0.15, -0.1) is 0 Å². The summed E-state index contributed by atoms with van der Waals surface area (Å²) in [5.74, 6) is -0.138. The first-order valence-corrected chi connectivity index (χ1v) is 12.8. The fourth-order valence-corrected chi connectivity index (χ4v) is 3.77. The Kier molecular flexibility index (Phi) is 17.3. The second kappa shape index (κ2) is 19.2. The molecule has 0 aromatic heterocycles. The third-order valence-electron chi connectivity index (χ3n) is 5.81. The zero-order chi connectivity index (χ0) is 21.0. The maximum Gasteiger partial charge on any atom is 0.338 e. The maximum absolute atomic E-state index is 11.9. The van der Waals surface area contributed by atoms with Crippen LogP contribution in [0.2, 0.25) is 0 Å². The molecule has 2 unspecified atom stereocenters. The maximum atomic E-state index is 11.9. The van der Waals surface area contributed by atoms with Crippen LogP contribution in [0.15, 0.2) is 12.2 Å². The topological polar surface area (TPSA) is 38.8 Å². The van der Waals surface area contributed by atoms with Gasteiger partial charge in [0, 0.05) is 0 Å². The number of unbranched alkanes of at least 4 members (excludes halogenated alkanes) is 14. The van der Waals surface area contributed by atoms with Gasteiger partial charge < -0.3 is 9.47 Å². The Morgan fingerprint density at radius 3 is 1.86 bits per heavy atom. The summed E-state index contributed by atoms with van der Waals surface area (Å²) in [7, 11) is 0. The van der Waals surface area contributed by atoms with E-state index < -0.39 is 0 Å². The normalized spacial score (nSPS) is 18.4. The number of carbonyl (C=O) groups is 1. The summed E-state index contributed by atoms with van der Waals surface area (Å²) >= 11 is 0. The zero-order valence-electron chi connectivity index (χ0n) is 19.5. The van der Waals surface area contributed by atoms with Gasteiger partial charge in [-0.1, -0.05) is 103 Å². The molecule has 0 spiro atoms. The highest BCUT2D eigenvalue weighted by atomic mass is 16.6. The number of esters is 1. The van der Waals surface area contributed by atoms with E-state index in [0.717, 1.165) is 25.7 Å². The highest BCUT2D eigenvalue weighted by Gasteiger charge is 2.45. The van der Waals surface area contributed by atoms with Gasteiger partial charge in [-0.3, -0.25) is 0 Å². The van der Waals surface area contributed by atoms with Crippen LogP contribution in [-0.2, 0) is 14.3 Å². The second-order valence-electron chi connectivity index (χ2n) is 8.70. The SMILES string of the molecule is CCCCCCCC/C=C\CCCCCC1OC1C(=O)OCCCCCCCC. The predicted octanol–water partition coefficient (Wildman–Crippen LogP) is 7.91. The van der Waals surface area contributed by atoms with Crippen molar-refractivity contribution in [3.63, 3.8) is 0 Å². The summed E-state index contributed by atoms with van der Waals surface area (Å²) in [6.45, 7) is 5.05. The van der Waals surface area contributed by atoms with E-state index in [2.05, 4.69) is 26.0 Å². The van der Waals surface area contributed by atoms with Crippen LogP contribution in [0.1, 0.15) is 129 Å². The van der Waals surface area contributed by atoms with Crippen molar-refractivity contribution in [1.82, 2.24) is 0 Å². The minimum Gasteiger partial charge on any atom is -0.464 e. The van der Waals surface area contributed by atoms with E-state index in [9.17, 15) is 4.79 Å². The summed E-state index contributed by atoms with van der Waals surface area (Å²) in [5.41, 5.74) is 0. The number of hydrogen-bond donors (Lipinski definition) is 0. The quantitative estimate of drug-likeness (QED) is 0.0838. The first-order valence-electron chi connectivity index (χ1n) is 12.8. The summed E-state index contributed by atoms with van der Waals surface area (Å²) in [5, 5.41) is 0. The number of carbonyl (C=O) groups excluding carboxylic acids is 1. The van der Waals surface area contributed by atoms with Crippen molar-refractivity contribution in [2.24, 2.45) is 0 Å². The molecule has 1 heterocycles. The fraction of sp³-hybridized carbons (Fsp3) is 0.885. The molecule has 0 radical (unpaired) electrons. The molecule has 0 aromatic rings. The number of ether oxygens (including phenoxy) is 2. The lowest BCUT2D eigenvalue weighted by atomic mass is 10.1. The van der Waals surface area contributed by atoms with E-state index >= 15 is 0 Å². The molecule has 29 heavy (non-hydrogen) atoms. The average molecular weight is 409 g/mol. The lowest BCUT2D eigenvalue weighted by molar-refractivity contribution is -0.145. The predicted molar refractivity (Wildman–Crippen MR) is 123 cm³/mol. The van der Waals surface area contributed by atoms with Gasteiger partial charge >= 0.3 is 5.97 Å². The molecule has 3 nitrogen and oxygen atoms in total. The highest BCUT2D eigenvalue weighted by Crippen LogP contribution is 2.28. The molecule has 1 aliphatic heterocycles. The average Bonchev–Trinajstić information content (AvgIpc) is 3.50. The molecular weight excluding hydrogens is 360 g/mol. The van der Waals surface area contributed by atoms with Crippen molar-refractivity contribution in [2.75, 3.05) is 6.61 Å². The van der Waals surface area contributed by atoms with Gasteiger partial charge in [0.05, 0.1) is 12.7 Å². The Morgan fingerprint density at radius 2 is 1.24 bits per heavy atom. The van der Waals surface area contributed by atoms with Crippen LogP contribution in [0.5, 0.6) is 0 Å². The Bertz CT molecular complexity index is 405. The standard InChI is InChI=1S/C26H48O3/c1-3-5-7-9-11-12-13-14-15-16-17-18-20-22-24-25(29-24)26(27)28-23-21-19-10-8-6-4-2/h14-15,24-25H,3-13,16-23H2,1-2H3/b15-14-. The van der Waals surface area contributed by atoms with Gasteiger partial charge in [0.1, 0.15) is 0 Å². The van der Waals surface area contributed by atoms with E-state index in [-0.39, 0.29) is 18.2 Å². The van der Waals surface area contributed by atoms with E-state index in [1.165, 1.54) is 89.9 Å². The molecule has 0 saturated carbocycles. The number of allylic oxidation sites excluding steroid dienone is 2. The lowest BCUT2D eigenvalue weighted by Gasteiger charge is -2.03. The number of rotatable bonds is 21. The van der Waals surface area contributed by atoms with Crippen LogP contribution < -0.4 is 0 Å². The lowest BCUT2D eigenvalue weighted by Crippen LogP contribution is -2.14. The fourth-order valence-electron chi connectivity index (χ4n) is 3.77. The van der Waals surface area contributed by atoms with Crippen LogP contribution >= 0.6 is 0 Å². The Hall–Kier alpha value is -0.830. The van der Waals surface area contributed by atoms with Gasteiger partial charge in [0.15, 0.2) is 6.10 Å². The van der Waals surface area contributed by atoms with Crippen molar-refractivity contribution in [2.45, 2.75) is 142 Å². The van der Waals surface area contributed by atoms with Crippen molar-refractivity contribution in [3.8, 4) is 0 Å². The van der Waals surface area contributed by atoms with Crippen LogP contribution in [0.4, 0.5) is 0 Å². The summed E-state index contributed by atoms with van der Waals surface area (Å²) < 4.78 is 10.9. The second-order valence-corrected chi connectivity index (χ2v) is 8.70. The minimum absolute atomic E-state index is 0.121. The molecule has 0 aromatic carbocycles. The highest BCUT2D eigenvalue weighted by molar-refractivity contribution is 5.77. The van der Waals surface area contributed by atoms with E-state index in [1.54, 1.807) is 0 Å². The first kappa shape index (κ1) is 26.2. The van der Waals surface area contributed by atoms with E-state index in [0.29, 0.717) is 6.61 Å². The smallest absolute Gasteiger partial charge is 0.338 e. The number of epoxide rings is 1. The van der Waals surface area contributed by atoms with Gasteiger partial charge in [0.25, 0.3) is 0 Å². The molecule has 170 valence electrons. The van der Waals surface area contributed by atoms with Gasteiger partial charge in [-0.05, 0) is 38.5 Å². The van der Waals surface area contributed by atoms with Crippen molar-refractivity contribution in [3.05, 3.63) is 12.2 Å². The van der Waals surface area contributed by atoms with Crippen LogP contribution in [-0.4, -0.2) is 24.8 Å². The molecule has 0 amide bonds. The number of hydrogen-bond acceptors (Lipinski definition) is 3. The van der Waals surface area contributed by atoms with Crippen LogP contribution in [0.3, 0.4) is 0 Å². The molecule has 0 N–H and O–H groups in total. The zero-order valence-corrected chi connectivity index (χ0v) is 19.5. The molecule has 3 heteroatoms. The minimum atomic E-state index is -0.271. The largest absolute Gasteiger partial charge is 0.464 e. The molecule has 0 bridgehead atoms. The molecule has 1 saturated heterocycles. The van der Waals surface area contributed by atoms with E-state index in [1.807, 2.05) is 0 Å². The van der Waals surface area contributed by atoms with Crippen molar-refractivity contribution >= 4 is 5.97 Å². The molecular formula is C26H48O3. The summed E-state index contributed by atoms with van der Waals surface area (Å²) in [6.07, 6.45) is 27.1.